The van der Waals surface area contributed by atoms with Crippen LogP contribution in [0.25, 0.3) is 0 Å². The summed E-state index contributed by atoms with van der Waals surface area (Å²) in [6, 6.07) is 0. The van der Waals surface area contributed by atoms with E-state index in [-0.39, 0.29) is 0 Å². The molecule has 0 spiro atoms. The van der Waals surface area contributed by atoms with Gasteiger partial charge in [-0.05, 0) is 0 Å². The molecule has 0 aliphatic heterocycles. The van der Waals surface area contributed by atoms with Crippen LogP contribution in [0.4, 0.5) is 0 Å². The van der Waals surface area contributed by atoms with Gasteiger partial charge in [-0.25, -0.2) is 9.15 Å². The largest absolute Gasteiger partial charge is 0.481 e. The molecular weight excluding hydrogens is 262 g/mol. The van der Waals surface area contributed by atoms with Gasteiger partial charge in [-0.1, -0.05) is 0 Å². The van der Waals surface area contributed by atoms with Crippen LogP contribution in [0, 0.1) is 0 Å². The molecule has 0 saturated carbocycles. The zero-order valence-corrected chi connectivity index (χ0v) is 13.0. The second-order valence-corrected chi connectivity index (χ2v) is 4.74. The molecule has 0 aromatic heterocycles. The summed E-state index contributed by atoms with van der Waals surface area (Å²) < 4.78 is 4.07. The molecule has 7 heteroatoms. The van der Waals surface area contributed by atoms with Crippen LogP contribution in [0.2, 0.25) is 0 Å². The van der Waals surface area contributed by atoms with Gasteiger partial charge in [-0.2, -0.15) is 0 Å². The van der Waals surface area contributed by atoms with E-state index >= 15 is 0 Å². The van der Waals surface area contributed by atoms with Crippen molar-refractivity contribution in [1.82, 2.24) is 4.90 Å². The highest BCUT2D eigenvalue weighted by Crippen LogP contribution is 1.87. The van der Waals surface area contributed by atoms with Crippen LogP contribution in [0.15, 0.2) is 11.8 Å². The van der Waals surface area contributed by atoms with Crippen LogP contribution in [0.1, 0.15) is 6.42 Å². The summed E-state index contributed by atoms with van der Waals surface area (Å²) in [5.74, 6) is -2.62. The number of nitrogens with zero attached hydrogens (tertiary/aromatic N) is 3. The van der Waals surface area contributed by atoms with Crippen molar-refractivity contribution in [2.45, 2.75) is 6.42 Å². The van der Waals surface area contributed by atoms with Crippen molar-refractivity contribution in [2.24, 2.45) is 0 Å². The molecule has 0 rings (SSSR count). The number of hydrogen-bond donors (Lipinski definition) is 2. The van der Waals surface area contributed by atoms with Crippen molar-refractivity contribution < 1.29 is 29.0 Å². The average molecular weight is 287 g/mol. The van der Waals surface area contributed by atoms with Crippen LogP contribution >= 0.6 is 0 Å². The molecule has 0 aromatic carbocycles. The van der Waals surface area contributed by atoms with Crippen molar-refractivity contribution in [1.29, 1.82) is 0 Å². The molecular formula is C13H25N3O4+2. The molecule has 114 valence electrons. The lowest BCUT2D eigenvalue weighted by Gasteiger charge is -2.03. The fraction of sp³-hybridized carbons (Fsp3) is 0.538. The predicted octanol–water partition coefficient (Wildman–Crippen LogP) is -0.337. The topological polar surface area (TPSA) is 83.9 Å². The van der Waals surface area contributed by atoms with Crippen LogP contribution in [-0.2, 0) is 9.59 Å². The molecule has 0 unspecified atom stereocenters. The van der Waals surface area contributed by atoms with Crippen molar-refractivity contribution in [2.75, 3.05) is 42.3 Å². The Morgan fingerprint density at radius 2 is 1.30 bits per heavy atom. The smallest absolute Gasteiger partial charge is 0.314 e. The highest BCUT2D eigenvalue weighted by Gasteiger charge is 2.01. The van der Waals surface area contributed by atoms with E-state index in [1.807, 2.05) is 56.3 Å². The summed E-state index contributed by atoms with van der Waals surface area (Å²) in [6.45, 7) is 0. The van der Waals surface area contributed by atoms with Gasteiger partial charge in [0.15, 0.2) is 12.4 Å². The van der Waals surface area contributed by atoms with Gasteiger partial charge in [-0.15, -0.1) is 0 Å². The molecule has 0 aliphatic rings. The number of carboxylic acids is 2. The van der Waals surface area contributed by atoms with E-state index in [1.165, 1.54) is 5.57 Å². The van der Waals surface area contributed by atoms with Crippen LogP contribution in [-0.4, -0.2) is 90.9 Å². The van der Waals surface area contributed by atoms with E-state index in [0.717, 1.165) is 0 Å². The lowest BCUT2D eigenvalue weighted by molar-refractivity contribution is -0.462. The first-order valence-corrected chi connectivity index (χ1v) is 5.89. The normalized spacial score (nSPS) is 8.50. The number of allylic oxidation sites excluding steroid dienone is 1. The first kappa shape index (κ1) is 20.1. The summed E-state index contributed by atoms with van der Waals surface area (Å²) in [6.07, 6.45) is 5.44. The van der Waals surface area contributed by atoms with Gasteiger partial charge in [0.25, 0.3) is 0 Å². The second kappa shape index (κ2) is 10.7. The first-order valence-electron chi connectivity index (χ1n) is 5.89. The van der Waals surface area contributed by atoms with Crippen molar-refractivity contribution in [3.8, 4) is 0 Å². The summed E-state index contributed by atoms with van der Waals surface area (Å²) in [5, 5.41) is 15.4. The third-order valence-corrected chi connectivity index (χ3v) is 1.52. The standard InChI is InChI=1S/C10H21N3.C3H4O4/c1-11(2)7-10(8-12(3)4)9-13(5)6;4-2(5)1-3(6)7/h7-9H,1-6H3;1H2,(H,4,5)(H,6,7)/q+2;. The zero-order valence-electron chi connectivity index (χ0n) is 13.0. The number of carbonyl (C=O) groups is 2. The molecule has 0 bridgehead atoms. The van der Waals surface area contributed by atoms with Gasteiger partial charge in [-0.3, -0.25) is 9.59 Å². The van der Waals surface area contributed by atoms with Gasteiger partial charge in [0.1, 0.15) is 40.2 Å². The van der Waals surface area contributed by atoms with Crippen molar-refractivity contribution >= 4 is 24.4 Å². The molecule has 2 N–H and O–H groups in total. The Kier molecular flexibility index (Phi) is 10.8. The predicted molar refractivity (Wildman–Crippen MR) is 78.0 cm³/mol. The number of hydrogen-bond acceptors (Lipinski definition) is 3. The quantitative estimate of drug-likeness (QED) is 0.411. The highest BCUT2D eigenvalue weighted by molar-refractivity contribution is 6.00. The highest BCUT2D eigenvalue weighted by atomic mass is 16.4. The maximum absolute atomic E-state index is 9.43. The Hall–Kier alpha value is -2.18. The SMILES string of the molecule is CN(C)C=C(C=[N+](C)C)C=[N+](C)C.O=C(O)CC(=O)O. The van der Waals surface area contributed by atoms with Crippen LogP contribution in [0.5, 0.6) is 0 Å². The second-order valence-electron chi connectivity index (χ2n) is 4.74. The Labute approximate surface area is 119 Å². The molecule has 0 saturated heterocycles. The fourth-order valence-corrected chi connectivity index (χ4v) is 1.12. The zero-order chi connectivity index (χ0) is 16.3. The molecule has 0 radical (unpaired) electrons. The number of carboxylic acid groups (broad SMARTS) is 2. The monoisotopic (exact) mass is 287 g/mol. The minimum Gasteiger partial charge on any atom is -0.481 e. The minimum absolute atomic E-state index is 0.806. The summed E-state index contributed by atoms with van der Waals surface area (Å²) in [7, 11) is 12.1. The third kappa shape index (κ3) is 18.2. The number of aliphatic carboxylic acids is 2. The minimum atomic E-state index is -1.31. The Morgan fingerprint density at radius 3 is 1.45 bits per heavy atom. The van der Waals surface area contributed by atoms with E-state index in [9.17, 15) is 9.59 Å². The molecule has 0 fully saturated rings. The first-order chi connectivity index (χ1) is 9.04. The van der Waals surface area contributed by atoms with Gasteiger partial charge in [0.05, 0.1) is 0 Å². The lowest BCUT2D eigenvalue weighted by atomic mass is 10.3. The van der Waals surface area contributed by atoms with E-state index in [4.69, 9.17) is 10.2 Å². The molecule has 0 aliphatic carbocycles. The van der Waals surface area contributed by atoms with E-state index in [1.54, 1.807) is 0 Å². The maximum Gasteiger partial charge on any atom is 0.314 e. The maximum atomic E-state index is 9.43. The van der Waals surface area contributed by atoms with Gasteiger partial charge < -0.3 is 15.1 Å². The lowest BCUT2D eigenvalue weighted by Crippen LogP contribution is -2.11. The molecule has 0 aromatic rings. The molecule has 20 heavy (non-hydrogen) atoms. The summed E-state index contributed by atoms with van der Waals surface area (Å²) >= 11 is 0. The van der Waals surface area contributed by atoms with Crippen LogP contribution in [0.3, 0.4) is 0 Å². The third-order valence-electron chi connectivity index (χ3n) is 1.52. The Morgan fingerprint density at radius 1 is 0.950 bits per heavy atom. The van der Waals surface area contributed by atoms with E-state index in [0.29, 0.717) is 0 Å². The Balaban J connectivity index is 0. The van der Waals surface area contributed by atoms with Crippen molar-refractivity contribution in [3.63, 3.8) is 0 Å². The van der Waals surface area contributed by atoms with Crippen molar-refractivity contribution in [3.05, 3.63) is 11.8 Å². The Bertz CT molecular complexity index is 383. The molecule has 0 heterocycles. The molecule has 0 amide bonds. The molecule has 7 nitrogen and oxygen atoms in total. The van der Waals surface area contributed by atoms with Gasteiger partial charge in [0.2, 0.25) is 0 Å². The van der Waals surface area contributed by atoms with E-state index in [2.05, 4.69) is 18.6 Å². The number of rotatable bonds is 5. The van der Waals surface area contributed by atoms with E-state index < -0.39 is 18.4 Å². The van der Waals surface area contributed by atoms with Gasteiger partial charge >= 0.3 is 11.9 Å². The van der Waals surface area contributed by atoms with Crippen LogP contribution < -0.4 is 0 Å². The fourth-order valence-electron chi connectivity index (χ4n) is 1.12. The summed E-state index contributed by atoms with van der Waals surface area (Å²) in [4.78, 5) is 20.9. The average Bonchev–Trinajstić information content (AvgIpc) is 2.11. The summed E-state index contributed by atoms with van der Waals surface area (Å²) in [5.41, 5.74) is 1.18. The van der Waals surface area contributed by atoms with Gasteiger partial charge in [0, 0.05) is 20.3 Å². The molecule has 0 atom stereocenters.